The van der Waals surface area contributed by atoms with Gasteiger partial charge in [-0.15, -0.1) is 0 Å². The molecule has 24 nitrogen and oxygen atoms in total. The summed E-state index contributed by atoms with van der Waals surface area (Å²) >= 11 is 0. The number of nitrogens with zero attached hydrogens (tertiary/aromatic N) is 4. The topological polar surface area (TPSA) is 362 Å². The Morgan fingerprint density at radius 2 is 1.13 bits per heavy atom. The van der Waals surface area contributed by atoms with Crippen molar-refractivity contribution in [1.82, 2.24) is 25.0 Å². The van der Waals surface area contributed by atoms with Gasteiger partial charge in [0.15, 0.2) is 0 Å². The molecule has 1 aliphatic carbocycles. The minimum absolute atomic E-state index is 0. The number of hydrogen-bond acceptors (Lipinski definition) is 14. The van der Waals surface area contributed by atoms with Gasteiger partial charge in [-0.3, -0.25) is 52.7 Å². The molecule has 26 heteroatoms. The Hall–Kier alpha value is -6.99. The van der Waals surface area contributed by atoms with Crippen molar-refractivity contribution in [2.24, 2.45) is 11.8 Å². The number of carbonyl (C=O) groups excluding carboxylic acids is 2. The largest absolute Gasteiger partial charge is 3.00 e. The van der Waals surface area contributed by atoms with E-state index in [2.05, 4.69) is 20.1 Å². The predicted octanol–water partition coefficient (Wildman–Crippen LogP) is 2.27. The van der Waals surface area contributed by atoms with Crippen LogP contribution >= 0.6 is 0 Å². The number of anilines is 1. The van der Waals surface area contributed by atoms with Gasteiger partial charge in [-0.05, 0) is 75.6 Å². The number of hydrogen-bond donors (Lipinski definition) is 9. The first kappa shape index (κ1) is 60.9. The third-order valence-corrected chi connectivity index (χ3v) is 14.7. The quantitative estimate of drug-likeness (QED) is 0.0136. The van der Waals surface area contributed by atoms with Crippen molar-refractivity contribution >= 4 is 74.4 Å². The second-order valence-corrected chi connectivity index (χ2v) is 20.4. The van der Waals surface area contributed by atoms with Crippen molar-refractivity contribution < 1.29 is 103 Å². The fourth-order valence-electron chi connectivity index (χ4n) is 10.1. The van der Waals surface area contributed by atoms with Crippen LogP contribution in [-0.4, -0.2) is 179 Å². The maximum absolute atomic E-state index is 13.2. The summed E-state index contributed by atoms with van der Waals surface area (Å²) in [6.45, 7) is -0.470. The van der Waals surface area contributed by atoms with Gasteiger partial charge in [-0.2, -0.15) is 8.42 Å². The van der Waals surface area contributed by atoms with Crippen LogP contribution in [0.2, 0.25) is 0 Å². The minimum atomic E-state index is -4.68. The molecule has 6 rings (SSSR count). The van der Waals surface area contributed by atoms with E-state index in [-0.39, 0.29) is 76.5 Å². The van der Waals surface area contributed by atoms with Crippen molar-refractivity contribution in [2.75, 3.05) is 70.3 Å². The van der Waals surface area contributed by atoms with E-state index in [0.717, 1.165) is 20.8 Å². The average Bonchev–Trinajstić information content (AvgIpc) is 3.37. The van der Waals surface area contributed by atoms with E-state index in [1.165, 1.54) is 12.1 Å². The number of rotatable bonds is 27. The molecule has 2 unspecified atom stereocenters. The van der Waals surface area contributed by atoms with E-state index in [1.807, 2.05) is 36.4 Å². The number of piperidine rings is 2. The molecule has 0 aromatic heterocycles. The zero-order valence-corrected chi connectivity index (χ0v) is 43.7. The predicted molar refractivity (Wildman–Crippen MR) is 271 cm³/mol. The molecule has 77 heavy (non-hydrogen) atoms. The number of carbonyl (C=O) groups is 8. The molecule has 0 saturated carbocycles. The van der Waals surface area contributed by atoms with Gasteiger partial charge in [0.05, 0.1) is 32.2 Å². The van der Waals surface area contributed by atoms with Gasteiger partial charge >= 0.3 is 52.3 Å². The van der Waals surface area contributed by atoms with E-state index < -0.39 is 84.2 Å². The fourth-order valence-corrected chi connectivity index (χ4v) is 10.8. The van der Waals surface area contributed by atoms with Crippen LogP contribution < -0.4 is 25.5 Å². The normalized spacial score (nSPS) is 15.9. The SMILES string of the molecule is O=C(O)CN(CC(=O)O)C(CCCCNC(=O)C1CCN(c2ccc3c(-c4ccccc4S(=O)(=O)O)c4ccc(=[N+]5CCC(C(=O)NCCCCC(C(=O)O)N(CC(=O)O)CC(=O)O)CC5)cc-4oc3c2)CC1)C(=O)O.[Ni+3]. The summed E-state index contributed by atoms with van der Waals surface area (Å²) in [6, 6.07) is 14.6. The van der Waals surface area contributed by atoms with Crippen LogP contribution in [-0.2, 0) is 65.0 Å². The molecule has 2 fully saturated rings. The molecule has 3 heterocycles. The van der Waals surface area contributed by atoms with Crippen LogP contribution in [0.4, 0.5) is 5.69 Å². The Balaban J connectivity index is 0.0000109. The maximum Gasteiger partial charge on any atom is 3.00 e. The summed E-state index contributed by atoms with van der Waals surface area (Å²) in [6.07, 6.45) is 3.39. The summed E-state index contributed by atoms with van der Waals surface area (Å²) in [7, 11) is -4.68. The molecular formula is C51H63N6NiO18S+4. The molecule has 4 aliphatic rings. The monoisotopic (exact) mass is 1140 g/mol. The van der Waals surface area contributed by atoms with Crippen molar-refractivity contribution in [3.8, 4) is 22.5 Å². The Labute approximate surface area is 452 Å². The van der Waals surface area contributed by atoms with Gasteiger partial charge in [0.2, 0.25) is 17.2 Å². The third-order valence-electron chi connectivity index (χ3n) is 13.8. The second kappa shape index (κ2) is 27.9. The summed E-state index contributed by atoms with van der Waals surface area (Å²) < 4.78 is 44.6. The Kier molecular flexibility index (Phi) is 22.0. The molecule has 9 N–H and O–H groups in total. The van der Waals surface area contributed by atoms with Crippen LogP contribution in [0.25, 0.3) is 33.4 Å². The fraction of sp³-hybridized carbons (Fsp3) is 0.471. The molecule has 2 aromatic rings. The van der Waals surface area contributed by atoms with E-state index in [1.54, 1.807) is 12.1 Å². The number of benzene rings is 3. The third kappa shape index (κ3) is 16.8. The number of amides is 2. The van der Waals surface area contributed by atoms with Crippen molar-refractivity contribution in [1.29, 1.82) is 0 Å². The number of nitrogens with one attached hydrogen (secondary N) is 2. The van der Waals surface area contributed by atoms with Gasteiger partial charge in [0.1, 0.15) is 41.4 Å². The molecule has 2 aromatic carbocycles. The van der Waals surface area contributed by atoms with Gasteiger partial charge in [0, 0.05) is 90.8 Å². The molecule has 0 bridgehead atoms. The molecule has 417 valence electrons. The molecule has 2 atom stereocenters. The van der Waals surface area contributed by atoms with Gasteiger partial charge < -0.3 is 50.6 Å². The minimum Gasteiger partial charge on any atom is -0.480 e. The molecule has 0 spiro atoms. The first-order valence-corrected chi connectivity index (χ1v) is 26.3. The molecule has 2 saturated heterocycles. The number of aliphatic carboxylic acids is 6. The summed E-state index contributed by atoms with van der Waals surface area (Å²) in [4.78, 5) is 98.6. The van der Waals surface area contributed by atoms with E-state index in [9.17, 15) is 61.5 Å². The zero-order chi connectivity index (χ0) is 55.3. The van der Waals surface area contributed by atoms with Gasteiger partial charge in [0.25, 0.3) is 10.1 Å². The summed E-state index contributed by atoms with van der Waals surface area (Å²) in [5, 5.41) is 63.1. The molecule has 1 radical (unpaired) electrons. The first-order chi connectivity index (χ1) is 36.1. The van der Waals surface area contributed by atoms with E-state index in [0.29, 0.717) is 105 Å². The van der Waals surface area contributed by atoms with Crippen LogP contribution in [0, 0.1) is 11.8 Å². The average molecular weight is 1140 g/mol. The van der Waals surface area contributed by atoms with Crippen LogP contribution in [0.3, 0.4) is 0 Å². The maximum atomic E-state index is 13.2. The zero-order valence-electron chi connectivity index (χ0n) is 41.9. The number of carboxylic acid groups (broad SMARTS) is 6. The van der Waals surface area contributed by atoms with Crippen molar-refractivity contribution in [3.63, 3.8) is 0 Å². The Bertz CT molecular complexity index is 2940. The smallest absolute Gasteiger partial charge is 0.480 e. The van der Waals surface area contributed by atoms with Gasteiger partial charge in [-0.25, -0.2) is 4.58 Å². The number of unbranched alkanes of at least 4 members (excludes halogenated alkanes) is 2. The van der Waals surface area contributed by atoms with E-state index in [4.69, 9.17) is 24.8 Å². The standard InChI is InChI=1S/C51H62N6O18S.Ni/c58-43(59)27-56(28-44(60)61)38(50(68)69)8-3-5-19-52-48(66)31-15-21-54(22-16-31)33-11-13-35-40(25-33)75-41-26-34(12-14-36(41)47(35)37-7-1-2-10-42(37)76(72,73)74)55-23-17-32(18-24-55)49(67)53-20-6-4-9-39(51(70)71)57(29-45(62)63)30-46(64)65;/h1-2,7,10-14,25-26,31-32,38-39H,3-6,8-9,15-24,27-30H2,(H8-,52,53,58,59,60,61,62,63,64,65,66,67,68,69,70,71,72,73,74);/q;+3/p+1. The summed E-state index contributed by atoms with van der Waals surface area (Å²) in [5.74, 6) is -8.62. The Morgan fingerprint density at radius 1 is 0.636 bits per heavy atom. The van der Waals surface area contributed by atoms with E-state index >= 15 is 0 Å². The molecule has 3 aliphatic heterocycles. The van der Waals surface area contributed by atoms with Crippen molar-refractivity contribution in [3.05, 3.63) is 66.0 Å². The number of carboxylic acids is 6. The Morgan fingerprint density at radius 3 is 1.61 bits per heavy atom. The van der Waals surface area contributed by atoms with Crippen LogP contribution in [0.15, 0.2) is 70.0 Å². The van der Waals surface area contributed by atoms with Crippen LogP contribution in [0.5, 0.6) is 0 Å². The molecular weight excluding hydrogens is 1080 g/mol. The first-order valence-electron chi connectivity index (χ1n) is 24.9. The number of fused-ring (bicyclic) bond motifs is 2. The summed E-state index contributed by atoms with van der Waals surface area (Å²) in [5.41, 5.74) is 2.56. The second-order valence-electron chi connectivity index (χ2n) is 19.0. The van der Waals surface area contributed by atoms with Gasteiger partial charge in [-0.1, -0.05) is 18.2 Å². The van der Waals surface area contributed by atoms with Crippen LogP contribution in [0.1, 0.15) is 64.2 Å². The van der Waals surface area contributed by atoms with Crippen molar-refractivity contribution in [2.45, 2.75) is 81.2 Å². The molecule has 2 amide bonds.